The van der Waals surface area contributed by atoms with Gasteiger partial charge in [-0.2, -0.15) is 0 Å². The van der Waals surface area contributed by atoms with Crippen LogP contribution in [0, 0.1) is 5.92 Å². The standard InChI is InChI=1S/C32H31NO3/c1-2-36-32(35)28(23-26-13-7-4-8-14-26)31(33-29-15-9-10-16-30(29)34)27-21-19-25(20-22-27)18-17-24-11-5-3-6-12-24/h3-22,28,31,33-34H,2,23H2,1H3/b18-17+/t28-,31?/m0/s1. The molecule has 36 heavy (non-hydrogen) atoms. The first-order valence-corrected chi connectivity index (χ1v) is 12.2. The van der Waals surface area contributed by atoms with Gasteiger partial charge in [0.25, 0.3) is 0 Å². The van der Waals surface area contributed by atoms with E-state index in [2.05, 4.69) is 29.6 Å². The molecule has 0 heterocycles. The largest absolute Gasteiger partial charge is 0.506 e. The molecule has 0 aliphatic carbocycles. The van der Waals surface area contributed by atoms with E-state index < -0.39 is 12.0 Å². The number of anilines is 1. The molecule has 2 atom stereocenters. The number of benzene rings is 4. The first-order valence-electron chi connectivity index (χ1n) is 12.2. The van der Waals surface area contributed by atoms with Gasteiger partial charge in [-0.1, -0.05) is 109 Å². The molecule has 1 unspecified atom stereocenters. The molecule has 0 bridgehead atoms. The molecule has 4 nitrogen and oxygen atoms in total. The lowest BCUT2D eigenvalue weighted by atomic mass is 9.87. The summed E-state index contributed by atoms with van der Waals surface area (Å²) in [6.45, 7) is 2.12. The van der Waals surface area contributed by atoms with Gasteiger partial charge in [-0.05, 0) is 47.7 Å². The molecule has 2 N–H and O–H groups in total. The topological polar surface area (TPSA) is 58.6 Å². The Hall–Kier alpha value is -4.31. The number of carbonyl (C=O) groups is 1. The Morgan fingerprint density at radius 1 is 0.806 bits per heavy atom. The van der Waals surface area contributed by atoms with E-state index in [1.807, 2.05) is 91.9 Å². The molecule has 0 radical (unpaired) electrons. The van der Waals surface area contributed by atoms with E-state index in [1.165, 1.54) is 0 Å². The molecular weight excluding hydrogens is 446 g/mol. The van der Waals surface area contributed by atoms with Crippen molar-refractivity contribution in [3.63, 3.8) is 0 Å². The van der Waals surface area contributed by atoms with E-state index in [-0.39, 0.29) is 11.7 Å². The molecule has 0 aliphatic rings. The highest BCUT2D eigenvalue weighted by Gasteiger charge is 2.31. The number of carbonyl (C=O) groups excluding carboxylic acids is 1. The summed E-state index contributed by atoms with van der Waals surface area (Å²) in [7, 11) is 0. The number of ether oxygens (including phenoxy) is 1. The van der Waals surface area contributed by atoms with Gasteiger partial charge in [-0.15, -0.1) is 0 Å². The van der Waals surface area contributed by atoms with Crippen LogP contribution in [0.15, 0.2) is 109 Å². The lowest BCUT2D eigenvalue weighted by Gasteiger charge is -2.28. The van der Waals surface area contributed by atoms with Crippen LogP contribution >= 0.6 is 0 Å². The van der Waals surface area contributed by atoms with Crippen LogP contribution in [0.5, 0.6) is 5.75 Å². The monoisotopic (exact) mass is 477 g/mol. The number of rotatable bonds is 10. The molecule has 182 valence electrons. The van der Waals surface area contributed by atoms with Gasteiger partial charge in [0.1, 0.15) is 5.75 Å². The van der Waals surface area contributed by atoms with Crippen molar-refractivity contribution in [3.8, 4) is 5.75 Å². The predicted molar refractivity (Wildman–Crippen MR) is 147 cm³/mol. The first-order chi connectivity index (χ1) is 17.6. The minimum Gasteiger partial charge on any atom is -0.506 e. The molecule has 0 saturated heterocycles. The van der Waals surface area contributed by atoms with Crippen molar-refractivity contribution < 1.29 is 14.6 Å². The minimum atomic E-state index is -0.502. The SMILES string of the molecule is CCOC(=O)[C@@H](Cc1ccccc1)C(Nc1ccccc1O)c1ccc(/C=C/c2ccccc2)cc1. The Labute approximate surface area is 212 Å². The average Bonchev–Trinajstić information content (AvgIpc) is 2.92. The maximum absolute atomic E-state index is 13.2. The zero-order chi connectivity index (χ0) is 25.2. The fourth-order valence-corrected chi connectivity index (χ4v) is 4.21. The maximum atomic E-state index is 13.2. The molecule has 4 heteroatoms. The Kier molecular flexibility index (Phi) is 8.55. The van der Waals surface area contributed by atoms with Crippen LogP contribution < -0.4 is 5.32 Å². The smallest absolute Gasteiger partial charge is 0.311 e. The van der Waals surface area contributed by atoms with Crippen molar-refractivity contribution in [2.75, 3.05) is 11.9 Å². The number of aromatic hydroxyl groups is 1. The van der Waals surface area contributed by atoms with E-state index in [0.29, 0.717) is 18.7 Å². The van der Waals surface area contributed by atoms with Crippen molar-refractivity contribution >= 4 is 23.8 Å². The third kappa shape index (κ3) is 6.63. The Balaban J connectivity index is 1.67. The maximum Gasteiger partial charge on any atom is 0.311 e. The number of phenolic OH excluding ortho intramolecular Hbond substituents is 1. The number of nitrogens with one attached hydrogen (secondary N) is 1. The molecule has 0 fully saturated rings. The first kappa shape index (κ1) is 24.8. The number of hydrogen-bond acceptors (Lipinski definition) is 4. The van der Waals surface area contributed by atoms with E-state index in [9.17, 15) is 9.90 Å². The summed E-state index contributed by atoms with van der Waals surface area (Å²) in [5.41, 5.74) is 4.73. The molecule has 4 aromatic rings. The van der Waals surface area contributed by atoms with Gasteiger partial charge < -0.3 is 15.2 Å². The second-order valence-corrected chi connectivity index (χ2v) is 8.60. The van der Waals surface area contributed by atoms with E-state index in [1.54, 1.807) is 12.1 Å². The van der Waals surface area contributed by atoms with Gasteiger partial charge in [-0.25, -0.2) is 0 Å². The van der Waals surface area contributed by atoms with Gasteiger partial charge in [0, 0.05) is 0 Å². The molecule has 0 amide bonds. The Morgan fingerprint density at radius 2 is 1.39 bits per heavy atom. The van der Waals surface area contributed by atoms with Crippen LogP contribution in [0.2, 0.25) is 0 Å². The number of para-hydroxylation sites is 2. The minimum absolute atomic E-state index is 0.132. The molecule has 0 saturated carbocycles. The summed E-state index contributed by atoms with van der Waals surface area (Å²) in [6.07, 6.45) is 4.64. The molecule has 4 aromatic carbocycles. The van der Waals surface area contributed by atoms with Gasteiger partial charge >= 0.3 is 5.97 Å². The van der Waals surface area contributed by atoms with Crippen molar-refractivity contribution in [2.24, 2.45) is 5.92 Å². The highest BCUT2D eigenvalue weighted by molar-refractivity contribution is 5.75. The molecule has 0 spiro atoms. The summed E-state index contributed by atoms with van der Waals surface area (Å²) in [5.74, 6) is -0.646. The third-order valence-corrected chi connectivity index (χ3v) is 6.07. The van der Waals surface area contributed by atoms with Gasteiger partial charge in [0.2, 0.25) is 0 Å². The number of esters is 1. The Morgan fingerprint density at radius 3 is 2.03 bits per heavy atom. The highest BCUT2D eigenvalue weighted by Crippen LogP contribution is 2.34. The second-order valence-electron chi connectivity index (χ2n) is 8.60. The van der Waals surface area contributed by atoms with Gasteiger partial charge in [0.15, 0.2) is 0 Å². The molecule has 4 rings (SSSR count). The summed E-state index contributed by atoms with van der Waals surface area (Å²) in [5, 5.41) is 13.9. The normalized spacial score (nSPS) is 12.7. The van der Waals surface area contributed by atoms with Crippen LogP contribution in [-0.2, 0) is 16.0 Å². The number of hydrogen-bond donors (Lipinski definition) is 2. The zero-order valence-electron chi connectivity index (χ0n) is 20.4. The van der Waals surface area contributed by atoms with E-state index >= 15 is 0 Å². The lowest BCUT2D eigenvalue weighted by Crippen LogP contribution is -2.31. The van der Waals surface area contributed by atoms with E-state index in [0.717, 1.165) is 22.3 Å². The van der Waals surface area contributed by atoms with Crippen LogP contribution in [0.3, 0.4) is 0 Å². The number of phenols is 1. The average molecular weight is 478 g/mol. The van der Waals surface area contributed by atoms with Gasteiger partial charge in [0.05, 0.1) is 24.3 Å². The summed E-state index contributed by atoms with van der Waals surface area (Å²) < 4.78 is 5.51. The molecule has 0 aromatic heterocycles. The fraction of sp³-hybridized carbons (Fsp3) is 0.156. The van der Waals surface area contributed by atoms with Gasteiger partial charge in [-0.3, -0.25) is 4.79 Å². The van der Waals surface area contributed by atoms with E-state index in [4.69, 9.17) is 4.74 Å². The molecular formula is C32H31NO3. The van der Waals surface area contributed by atoms with Crippen LogP contribution in [0.4, 0.5) is 5.69 Å². The quantitative estimate of drug-likeness (QED) is 0.145. The van der Waals surface area contributed by atoms with Crippen molar-refractivity contribution in [1.82, 2.24) is 0 Å². The molecule has 0 aliphatic heterocycles. The summed E-state index contributed by atoms with van der Waals surface area (Å²) >= 11 is 0. The van der Waals surface area contributed by atoms with Crippen molar-refractivity contribution in [3.05, 3.63) is 131 Å². The van der Waals surface area contributed by atoms with Crippen LogP contribution in [0.1, 0.15) is 35.2 Å². The Bertz CT molecular complexity index is 1270. The second kappa shape index (κ2) is 12.4. The van der Waals surface area contributed by atoms with Crippen LogP contribution in [-0.4, -0.2) is 17.7 Å². The third-order valence-electron chi connectivity index (χ3n) is 6.07. The zero-order valence-corrected chi connectivity index (χ0v) is 20.4. The lowest BCUT2D eigenvalue weighted by molar-refractivity contribution is -0.148. The highest BCUT2D eigenvalue weighted by atomic mass is 16.5. The van der Waals surface area contributed by atoms with Crippen molar-refractivity contribution in [2.45, 2.75) is 19.4 Å². The van der Waals surface area contributed by atoms with Crippen LogP contribution in [0.25, 0.3) is 12.2 Å². The predicted octanol–water partition coefficient (Wildman–Crippen LogP) is 7.14. The van der Waals surface area contributed by atoms with Crippen molar-refractivity contribution in [1.29, 1.82) is 0 Å². The summed E-state index contributed by atoms with van der Waals surface area (Å²) in [4.78, 5) is 13.2. The fourth-order valence-electron chi connectivity index (χ4n) is 4.21. The summed E-state index contributed by atoms with van der Waals surface area (Å²) in [6, 6.07) is 34.9.